The zero-order valence-corrected chi connectivity index (χ0v) is 18.5. The van der Waals surface area contributed by atoms with Gasteiger partial charge in [-0.15, -0.1) is 0 Å². The monoisotopic (exact) mass is 450 g/mol. The van der Waals surface area contributed by atoms with E-state index >= 15 is 0 Å². The van der Waals surface area contributed by atoms with Crippen molar-refractivity contribution >= 4 is 5.82 Å². The highest BCUT2D eigenvalue weighted by Crippen LogP contribution is 2.34. The molecule has 2 aliphatic rings. The summed E-state index contributed by atoms with van der Waals surface area (Å²) in [6.07, 6.45) is 1.80. The number of anilines is 1. The molecule has 1 saturated carbocycles. The Morgan fingerprint density at radius 3 is 2.66 bits per heavy atom. The van der Waals surface area contributed by atoms with Gasteiger partial charge in [0.25, 0.3) is 5.56 Å². The van der Waals surface area contributed by atoms with Gasteiger partial charge in [-0.1, -0.05) is 19.3 Å². The van der Waals surface area contributed by atoms with Gasteiger partial charge in [0, 0.05) is 18.3 Å². The summed E-state index contributed by atoms with van der Waals surface area (Å²) in [7, 11) is 0. The van der Waals surface area contributed by atoms with E-state index in [-0.39, 0.29) is 29.3 Å². The van der Waals surface area contributed by atoms with Crippen molar-refractivity contribution < 1.29 is 17.9 Å². The fourth-order valence-electron chi connectivity index (χ4n) is 4.74. The van der Waals surface area contributed by atoms with Crippen molar-refractivity contribution in [3.05, 3.63) is 51.6 Å². The van der Waals surface area contributed by atoms with Crippen molar-refractivity contribution in [3.63, 3.8) is 0 Å². The summed E-state index contributed by atoms with van der Waals surface area (Å²) in [5.74, 6) is 0.696. The van der Waals surface area contributed by atoms with Crippen LogP contribution in [0.3, 0.4) is 0 Å². The fourth-order valence-corrected chi connectivity index (χ4v) is 4.74. The third kappa shape index (κ3) is 4.67. The lowest BCUT2D eigenvalue weighted by Gasteiger charge is -2.43. The van der Waals surface area contributed by atoms with E-state index in [9.17, 15) is 18.0 Å². The van der Waals surface area contributed by atoms with E-state index in [0.717, 1.165) is 38.2 Å². The summed E-state index contributed by atoms with van der Waals surface area (Å²) in [6, 6.07) is 4.10. The number of hydrogen-bond acceptors (Lipinski definition) is 5. The molecule has 0 atom stereocenters. The van der Waals surface area contributed by atoms with Crippen LogP contribution in [0.1, 0.15) is 68.7 Å². The molecule has 174 valence electrons. The summed E-state index contributed by atoms with van der Waals surface area (Å²) < 4.78 is 47.4. The van der Waals surface area contributed by atoms with Gasteiger partial charge in [-0.3, -0.25) is 9.78 Å². The molecule has 0 N–H and O–H groups in total. The van der Waals surface area contributed by atoms with Crippen molar-refractivity contribution in [2.24, 2.45) is 0 Å². The maximum Gasteiger partial charge on any atom is 0.418 e. The molecule has 0 aromatic carbocycles. The minimum atomic E-state index is -4.55. The van der Waals surface area contributed by atoms with Gasteiger partial charge in [0.1, 0.15) is 5.82 Å². The highest BCUT2D eigenvalue weighted by Gasteiger charge is 2.35. The molecule has 32 heavy (non-hydrogen) atoms. The highest BCUT2D eigenvalue weighted by atomic mass is 19.4. The number of morpholine rings is 1. The minimum Gasteiger partial charge on any atom is -0.377 e. The van der Waals surface area contributed by atoms with E-state index in [1.54, 1.807) is 0 Å². The van der Waals surface area contributed by atoms with Gasteiger partial charge in [0.05, 0.1) is 36.6 Å². The van der Waals surface area contributed by atoms with Crippen molar-refractivity contribution in [3.8, 4) is 0 Å². The van der Waals surface area contributed by atoms with E-state index in [2.05, 4.69) is 15.0 Å². The number of ether oxygens (including phenoxy) is 1. The van der Waals surface area contributed by atoms with E-state index in [1.807, 2.05) is 19.9 Å². The number of nitrogens with zero attached hydrogens (tertiary/aromatic N) is 4. The average Bonchev–Trinajstić information content (AvgIpc) is 2.75. The first kappa shape index (κ1) is 22.8. The zero-order chi connectivity index (χ0) is 22.9. The van der Waals surface area contributed by atoms with Crippen molar-refractivity contribution in [1.82, 2.24) is 14.8 Å². The second-order valence-corrected chi connectivity index (χ2v) is 9.27. The molecule has 0 radical (unpaired) electrons. The molecule has 2 fully saturated rings. The Labute approximate surface area is 185 Å². The third-order valence-electron chi connectivity index (χ3n) is 6.45. The number of rotatable bonds is 4. The van der Waals surface area contributed by atoms with Crippen LogP contribution in [-0.4, -0.2) is 40.1 Å². The number of pyridine rings is 1. The van der Waals surface area contributed by atoms with Crippen LogP contribution >= 0.6 is 0 Å². The summed E-state index contributed by atoms with van der Waals surface area (Å²) in [5, 5.41) is 4.53. The quantitative estimate of drug-likeness (QED) is 0.693. The lowest BCUT2D eigenvalue weighted by molar-refractivity contribution is -0.138. The van der Waals surface area contributed by atoms with Crippen LogP contribution < -0.4 is 10.5 Å². The lowest BCUT2D eigenvalue weighted by Crippen LogP contribution is -2.54. The molecule has 3 heterocycles. The zero-order valence-electron chi connectivity index (χ0n) is 18.5. The molecule has 0 spiro atoms. The summed E-state index contributed by atoms with van der Waals surface area (Å²) in [6.45, 7) is 5.37. The molecule has 0 amide bonds. The normalized spacial score (nSPS) is 19.8. The molecule has 4 rings (SSSR count). The van der Waals surface area contributed by atoms with Gasteiger partial charge >= 0.3 is 6.18 Å². The molecule has 1 aliphatic carbocycles. The average molecular weight is 451 g/mol. The Kier molecular flexibility index (Phi) is 6.29. The van der Waals surface area contributed by atoms with Crippen LogP contribution in [0.5, 0.6) is 0 Å². The third-order valence-corrected chi connectivity index (χ3v) is 6.45. The molecule has 1 aliphatic heterocycles. The Balaban J connectivity index is 1.80. The maximum absolute atomic E-state index is 13.5. The largest absolute Gasteiger partial charge is 0.418 e. The standard InChI is InChI=1S/C23H29F3N4O2/c1-22(2)15-32-12-11-29(22)20-13-17(16-7-4-3-5-8-16)21(31)30(28-20)14-19-18(23(24,25)26)9-6-10-27-19/h6,9-10,13,16H,3-5,7-8,11-12,14-15H2,1-2H3. The molecule has 9 heteroatoms. The van der Waals surface area contributed by atoms with E-state index < -0.39 is 11.7 Å². The Hall–Kier alpha value is -2.42. The van der Waals surface area contributed by atoms with Crippen LogP contribution in [0.25, 0.3) is 0 Å². The Morgan fingerprint density at radius 2 is 1.97 bits per heavy atom. The highest BCUT2D eigenvalue weighted by molar-refractivity contribution is 5.44. The Bertz CT molecular complexity index is 1010. The maximum atomic E-state index is 13.5. The second kappa shape index (κ2) is 8.84. The van der Waals surface area contributed by atoms with Gasteiger partial charge in [0.15, 0.2) is 0 Å². The molecule has 1 saturated heterocycles. The lowest BCUT2D eigenvalue weighted by atomic mass is 9.84. The van der Waals surface area contributed by atoms with Gasteiger partial charge < -0.3 is 9.64 Å². The molecule has 2 aromatic heterocycles. The summed E-state index contributed by atoms with van der Waals surface area (Å²) in [5.41, 5.74) is -1.08. The van der Waals surface area contributed by atoms with E-state index in [0.29, 0.717) is 31.1 Å². The topological polar surface area (TPSA) is 60.2 Å². The van der Waals surface area contributed by atoms with Crippen LogP contribution in [0, 0.1) is 0 Å². The van der Waals surface area contributed by atoms with E-state index in [4.69, 9.17) is 4.74 Å². The number of hydrogen-bond donors (Lipinski definition) is 0. The van der Waals surface area contributed by atoms with Crippen LogP contribution in [0.4, 0.5) is 19.0 Å². The van der Waals surface area contributed by atoms with Crippen molar-refractivity contribution in [2.45, 2.75) is 70.1 Å². The molecule has 2 aromatic rings. The molecular formula is C23H29F3N4O2. The molecule has 6 nitrogen and oxygen atoms in total. The summed E-state index contributed by atoms with van der Waals surface area (Å²) in [4.78, 5) is 19.4. The number of alkyl halides is 3. The van der Waals surface area contributed by atoms with Crippen LogP contribution in [-0.2, 0) is 17.5 Å². The van der Waals surface area contributed by atoms with Gasteiger partial charge in [-0.05, 0) is 50.8 Å². The molecule has 0 unspecified atom stereocenters. The molecular weight excluding hydrogens is 421 g/mol. The van der Waals surface area contributed by atoms with Crippen LogP contribution in [0.15, 0.2) is 29.2 Å². The smallest absolute Gasteiger partial charge is 0.377 e. The SMILES string of the molecule is CC1(C)COCCN1c1cc(C2CCCCC2)c(=O)n(Cc2ncccc2C(F)(F)F)n1. The van der Waals surface area contributed by atoms with Gasteiger partial charge in [-0.2, -0.15) is 18.3 Å². The first-order chi connectivity index (χ1) is 15.2. The van der Waals surface area contributed by atoms with Gasteiger partial charge in [-0.25, -0.2) is 4.68 Å². The van der Waals surface area contributed by atoms with Crippen molar-refractivity contribution in [2.75, 3.05) is 24.7 Å². The number of aromatic nitrogens is 3. The summed E-state index contributed by atoms with van der Waals surface area (Å²) >= 11 is 0. The van der Waals surface area contributed by atoms with Crippen LogP contribution in [0.2, 0.25) is 0 Å². The van der Waals surface area contributed by atoms with Crippen molar-refractivity contribution in [1.29, 1.82) is 0 Å². The predicted octanol–water partition coefficient (Wildman–Crippen LogP) is 4.37. The predicted molar refractivity (Wildman–Crippen MR) is 115 cm³/mol. The molecule has 0 bridgehead atoms. The minimum absolute atomic E-state index is 0.0965. The number of halogens is 3. The van der Waals surface area contributed by atoms with Gasteiger partial charge in [0.2, 0.25) is 0 Å². The Morgan fingerprint density at radius 1 is 1.22 bits per heavy atom. The van der Waals surface area contributed by atoms with E-state index in [1.165, 1.54) is 16.9 Å². The fraction of sp³-hybridized carbons (Fsp3) is 0.609. The first-order valence-electron chi connectivity index (χ1n) is 11.2. The second-order valence-electron chi connectivity index (χ2n) is 9.27. The first-order valence-corrected chi connectivity index (χ1v) is 11.2.